The van der Waals surface area contributed by atoms with Crippen LogP contribution in [0.3, 0.4) is 0 Å². The van der Waals surface area contributed by atoms with E-state index in [1.54, 1.807) is 0 Å². The van der Waals surface area contributed by atoms with Crippen LogP contribution in [0.1, 0.15) is 25.7 Å². The van der Waals surface area contributed by atoms with E-state index in [4.69, 9.17) is 4.74 Å². The van der Waals surface area contributed by atoms with Gasteiger partial charge in [0, 0.05) is 13.0 Å². The lowest BCUT2D eigenvalue weighted by Gasteiger charge is -2.25. The first-order chi connectivity index (χ1) is 5.08. The summed E-state index contributed by atoms with van der Waals surface area (Å²) in [4.78, 5) is 0. The Morgan fingerprint density at radius 1 is 1.27 bits per heavy atom. The largest absolute Gasteiger partial charge is 0.378 e. The third-order valence-electron chi connectivity index (χ3n) is 1.73. The van der Waals surface area contributed by atoms with Gasteiger partial charge in [-0.3, -0.25) is 0 Å². The van der Waals surface area contributed by atoms with Gasteiger partial charge in [0.15, 0.2) is 0 Å². The van der Waals surface area contributed by atoms with Crippen LogP contribution in [0, 0.1) is 0 Å². The van der Waals surface area contributed by atoms with E-state index in [0.717, 1.165) is 13.0 Å². The van der Waals surface area contributed by atoms with Crippen molar-refractivity contribution in [1.82, 2.24) is 0 Å². The third-order valence-corrected chi connectivity index (χ3v) is 2.70. The molecule has 0 radical (unpaired) electrons. The number of hydrogen-bond donors (Lipinski definition) is 0. The van der Waals surface area contributed by atoms with Crippen LogP contribution in [0.2, 0.25) is 0 Å². The summed E-state index contributed by atoms with van der Waals surface area (Å²) in [5, 5.41) is 0. The van der Waals surface area contributed by atoms with Crippen molar-refractivity contribution >= 4 is 47.8 Å². The molecule has 0 saturated carbocycles. The van der Waals surface area contributed by atoms with Gasteiger partial charge in [-0.1, -0.05) is 47.8 Å². The Balaban J connectivity index is 2.24. The predicted molar refractivity (Wildman–Crippen MR) is 57.7 cm³/mol. The van der Waals surface area contributed by atoms with Gasteiger partial charge in [0.2, 0.25) is 0 Å². The van der Waals surface area contributed by atoms with Crippen molar-refractivity contribution in [1.29, 1.82) is 0 Å². The van der Waals surface area contributed by atoms with Crippen LogP contribution in [-0.4, -0.2) is 14.9 Å². The Labute approximate surface area is 92.6 Å². The first-order valence-corrected chi connectivity index (χ1v) is 6.14. The predicted octanol–water partition coefficient (Wildman–Crippen LogP) is 3.78. The lowest BCUT2D eigenvalue weighted by atomic mass is 10.1. The SMILES string of the molecule is BrC(Br)(Br)CC1CCCCO1. The minimum absolute atomic E-state index is 0.130. The molecule has 1 heterocycles. The second kappa shape index (κ2) is 4.58. The second-order valence-corrected chi connectivity index (χ2v) is 10.1. The molecule has 4 heteroatoms. The molecule has 0 spiro atoms. The van der Waals surface area contributed by atoms with Crippen LogP contribution >= 0.6 is 47.8 Å². The van der Waals surface area contributed by atoms with Crippen LogP contribution in [-0.2, 0) is 4.74 Å². The molecule has 1 nitrogen and oxygen atoms in total. The molecule has 1 unspecified atom stereocenters. The fourth-order valence-electron chi connectivity index (χ4n) is 1.23. The lowest BCUT2D eigenvalue weighted by molar-refractivity contribution is 0.0135. The highest BCUT2D eigenvalue weighted by Crippen LogP contribution is 2.40. The van der Waals surface area contributed by atoms with Gasteiger partial charge >= 0.3 is 0 Å². The van der Waals surface area contributed by atoms with Crippen molar-refractivity contribution in [3.63, 3.8) is 0 Å². The van der Waals surface area contributed by atoms with E-state index in [1.165, 1.54) is 19.3 Å². The Bertz CT molecular complexity index is 115. The highest BCUT2D eigenvalue weighted by Gasteiger charge is 2.25. The molecule has 0 aromatic carbocycles. The Morgan fingerprint density at radius 2 is 2.00 bits per heavy atom. The summed E-state index contributed by atoms with van der Waals surface area (Å²) < 4.78 is 5.43. The molecule has 0 amide bonds. The molecule has 0 aromatic heterocycles. The quantitative estimate of drug-likeness (QED) is 0.654. The molecular weight excluding hydrogens is 340 g/mol. The maximum atomic E-state index is 5.56. The molecule has 1 aliphatic rings. The maximum Gasteiger partial charge on any atom is 0.137 e. The standard InChI is InChI=1S/C7H11Br3O/c8-7(9,10)5-6-3-1-2-4-11-6/h6H,1-5H2. The Morgan fingerprint density at radius 3 is 2.45 bits per heavy atom. The minimum atomic E-state index is -0.130. The Kier molecular flexibility index (Phi) is 4.37. The highest BCUT2D eigenvalue weighted by atomic mass is 80.0. The smallest absolute Gasteiger partial charge is 0.137 e. The van der Waals surface area contributed by atoms with E-state index in [0.29, 0.717) is 6.10 Å². The van der Waals surface area contributed by atoms with Gasteiger partial charge in [-0.2, -0.15) is 0 Å². The molecule has 1 rings (SSSR count). The molecule has 0 aliphatic carbocycles. The van der Waals surface area contributed by atoms with Crippen molar-refractivity contribution in [2.24, 2.45) is 0 Å². The van der Waals surface area contributed by atoms with E-state index in [9.17, 15) is 0 Å². The van der Waals surface area contributed by atoms with Crippen LogP contribution < -0.4 is 0 Å². The number of hydrogen-bond acceptors (Lipinski definition) is 1. The monoisotopic (exact) mass is 348 g/mol. The number of rotatable bonds is 1. The van der Waals surface area contributed by atoms with Gasteiger partial charge in [-0.05, 0) is 19.3 Å². The normalized spacial score (nSPS) is 27.0. The summed E-state index contributed by atoms with van der Waals surface area (Å²) in [6, 6.07) is 0. The van der Waals surface area contributed by atoms with Gasteiger partial charge < -0.3 is 4.74 Å². The first-order valence-electron chi connectivity index (χ1n) is 3.76. The molecule has 0 bridgehead atoms. The van der Waals surface area contributed by atoms with Crippen LogP contribution in [0.4, 0.5) is 0 Å². The number of alkyl halides is 3. The second-order valence-electron chi connectivity index (χ2n) is 2.81. The van der Waals surface area contributed by atoms with Crippen molar-refractivity contribution in [2.75, 3.05) is 6.61 Å². The number of ether oxygens (including phenoxy) is 1. The fourth-order valence-corrected chi connectivity index (χ4v) is 2.31. The van der Waals surface area contributed by atoms with Gasteiger partial charge in [-0.25, -0.2) is 0 Å². The zero-order chi connectivity index (χ0) is 8.32. The van der Waals surface area contributed by atoms with Gasteiger partial charge in [0.1, 0.15) is 2.14 Å². The molecular formula is C7H11Br3O. The van der Waals surface area contributed by atoms with Gasteiger partial charge in [-0.15, -0.1) is 0 Å². The van der Waals surface area contributed by atoms with Gasteiger partial charge in [0.25, 0.3) is 0 Å². The third kappa shape index (κ3) is 4.86. The van der Waals surface area contributed by atoms with Crippen molar-refractivity contribution in [3.8, 4) is 0 Å². The molecule has 1 fully saturated rings. The van der Waals surface area contributed by atoms with Crippen LogP contribution in [0.5, 0.6) is 0 Å². The summed E-state index contributed by atoms with van der Waals surface area (Å²) in [5.74, 6) is 0. The van der Waals surface area contributed by atoms with Crippen molar-refractivity contribution in [3.05, 3.63) is 0 Å². The molecule has 1 atom stereocenters. The summed E-state index contributed by atoms with van der Waals surface area (Å²) >= 11 is 10.4. The summed E-state index contributed by atoms with van der Waals surface area (Å²) in [5.41, 5.74) is 0. The molecule has 1 saturated heterocycles. The van der Waals surface area contributed by atoms with E-state index in [-0.39, 0.29) is 2.14 Å². The molecule has 1 aliphatic heterocycles. The summed E-state index contributed by atoms with van der Waals surface area (Å²) in [7, 11) is 0. The van der Waals surface area contributed by atoms with E-state index < -0.39 is 0 Å². The van der Waals surface area contributed by atoms with Crippen molar-refractivity contribution < 1.29 is 4.74 Å². The Hall–Kier alpha value is 1.40. The minimum Gasteiger partial charge on any atom is -0.378 e. The van der Waals surface area contributed by atoms with Crippen LogP contribution in [0.15, 0.2) is 0 Å². The molecule has 11 heavy (non-hydrogen) atoms. The van der Waals surface area contributed by atoms with E-state index in [1.807, 2.05) is 0 Å². The zero-order valence-corrected chi connectivity index (χ0v) is 10.9. The summed E-state index contributed by atoms with van der Waals surface area (Å²) in [6.45, 7) is 0.924. The molecule has 66 valence electrons. The first kappa shape index (κ1) is 10.5. The summed E-state index contributed by atoms with van der Waals surface area (Å²) in [6.07, 6.45) is 5.07. The van der Waals surface area contributed by atoms with E-state index in [2.05, 4.69) is 47.8 Å². The zero-order valence-electron chi connectivity index (χ0n) is 6.16. The molecule has 0 N–H and O–H groups in total. The van der Waals surface area contributed by atoms with Crippen molar-refractivity contribution in [2.45, 2.75) is 33.9 Å². The topological polar surface area (TPSA) is 9.23 Å². The van der Waals surface area contributed by atoms with Gasteiger partial charge in [0.05, 0.1) is 6.10 Å². The fraction of sp³-hybridized carbons (Fsp3) is 1.00. The van der Waals surface area contributed by atoms with E-state index >= 15 is 0 Å². The molecule has 0 aromatic rings. The number of halogens is 3. The average molecular weight is 351 g/mol. The lowest BCUT2D eigenvalue weighted by Crippen LogP contribution is -2.23. The average Bonchev–Trinajstić information content (AvgIpc) is 1.85. The van der Waals surface area contributed by atoms with Crippen LogP contribution in [0.25, 0.3) is 0 Å². The maximum absolute atomic E-state index is 5.56. The highest BCUT2D eigenvalue weighted by molar-refractivity contribution is 9.39.